The van der Waals surface area contributed by atoms with Crippen LogP contribution >= 0.6 is 0 Å². The average Bonchev–Trinajstić information content (AvgIpc) is 3.29. The summed E-state index contributed by atoms with van der Waals surface area (Å²) in [6.07, 6.45) is 1.66. The number of carbonyl (C=O) groups excluding carboxylic acids is 3. The van der Waals surface area contributed by atoms with Crippen molar-refractivity contribution < 1.29 is 34.5 Å². The molecule has 3 amide bonds. The number of nitrogens with zero attached hydrogens (tertiary/aromatic N) is 1. The fourth-order valence-electron chi connectivity index (χ4n) is 3.02. The molecule has 1 heterocycles. The number of aliphatic carboxylic acids is 1. The van der Waals surface area contributed by atoms with Gasteiger partial charge in [-0.25, -0.2) is 4.98 Å². The molecule has 4 unspecified atom stereocenters. The second kappa shape index (κ2) is 12.3. The number of hydrogen-bond acceptors (Lipinski definition) is 8. The van der Waals surface area contributed by atoms with Gasteiger partial charge in [0, 0.05) is 24.7 Å². The topological polar surface area (TPSA) is 220 Å². The van der Waals surface area contributed by atoms with Crippen molar-refractivity contribution in [3.63, 3.8) is 0 Å². The maximum Gasteiger partial charge on any atom is 0.322 e. The van der Waals surface area contributed by atoms with Crippen LogP contribution in [0.3, 0.4) is 0 Å². The molecule has 0 fully saturated rings. The van der Waals surface area contributed by atoms with Crippen LogP contribution in [0.1, 0.15) is 18.2 Å². The van der Waals surface area contributed by atoms with Gasteiger partial charge < -0.3 is 42.0 Å². The highest BCUT2D eigenvalue weighted by Crippen LogP contribution is 2.12. The smallest absolute Gasteiger partial charge is 0.322 e. The number of phenols is 1. The maximum atomic E-state index is 12.9. The number of carbonyl (C=O) groups is 4. The number of amides is 3. The van der Waals surface area contributed by atoms with Crippen molar-refractivity contribution in [3.8, 4) is 5.75 Å². The minimum Gasteiger partial charge on any atom is -0.508 e. The summed E-state index contributed by atoms with van der Waals surface area (Å²) in [5.41, 5.74) is 7.04. The number of carboxylic acid groups (broad SMARTS) is 1. The first-order chi connectivity index (χ1) is 16.1. The average molecular weight is 476 g/mol. The quantitative estimate of drug-likeness (QED) is 0.166. The molecule has 0 radical (unpaired) electrons. The molecule has 0 bridgehead atoms. The van der Waals surface area contributed by atoms with Crippen molar-refractivity contribution in [1.29, 1.82) is 0 Å². The number of rotatable bonds is 12. The van der Waals surface area contributed by atoms with Crippen molar-refractivity contribution in [1.82, 2.24) is 25.9 Å². The zero-order valence-electron chi connectivity index (χ0n) is 18.4. The Labute approximate surface area is 194 Å². The molecule has 2 aromatic rings. The summed E-state index contributed by atoms with van der Waals surface area (Å²) < 4.78 is 0. The largest absolute Gasteiger partial charge is 0.508 e. The molecular weight excluding hydrogens is 448 g/mol. The second-order valence-corrected chi connectivity index (χ2v) is 7.66. The third kappa shape index (κ3) is 8.18. The lowest BCUT2D eigenvalue weighted by Gasteiger charge is -2.25. The van der Waals surface area contributed by atoms with E-state index in [1.165, 1.54) is 43.7 Å². The minimum absolute atomic E-state index is 0.00279. The maximum absolute atomic E-state index is 12.9. The van der Waals surface area contributed by atoms with Crippen LogP contribution in [-0.4, -0.2) is 79.8 Å². The molecule has 0 aliphatic heterocycles. The molecule has 1 aromatic carbocycles. The highest BCUT2D eigenvalue weighted by Gasteiger charge is 2.31. The molecule has 0 aliphatic carbocycles. The Morgan fingerprint density at radius 1 is 1.06 bits per heavy atom. The number of carboxylic acids is 1. The molecule has 1 aromatic heterocycles. The van der Waals surface area contributed by atoms with Crippen molar-refractivity contribution in [2.75, 3.05) is 6.54 Å². The van der Waals surface area contributed by atoms with E-state index < -0.39 is 54.5 Å². The minimum atomic E-state index is -1.44. The van der Waals surface area contributed by atoms with Crippen LogP contribution in [0, 0.1) is 0 Å². The van der Waals surface area contributed by atoms with Gasteiger partial charge in [-0.1, -0.05) is 12.1 Å². The molecule has 2 rings (SSSR count). The number of aromatic hydroxyl groups is 1. The van der Waals surface area contributed by atoms with Gasteiger partial charge in [0.1, 0.15) is 24.4 Å². The van der Waals surface area contributed by atoms with Gasteiger partial charge in [0.25, 0.3) is 0 Å². The number of imidazole rings is 1. The highest BCUT2D eigenvalue weighted by atomic mass is 16.4. The summed E-state index contributed by atoms with van der Waals surface area (Å²) in [6.45, 7) is 0.615. The van der Waals surface area contributed by atoms with Gasteiger partial charge in [-0.3, -0.25) is 19.2 Å². The number of aliphatic hydroxyl groups excluding tert-OH is 1. The molecule has 0 saturated heterocycles. The SMILES string of the molecule is CC(O)C(NC(=O)C(N)Cc1cnc[nH]1)C(=O)NC(Cc1ccc(O)cc1)C(=O)NCC(=O)O. The first kappa shape index (κ1) is 26.3. The number of hydrogen-bond donors (Lipinski definition) is 8. The number of phenolic OH excluding ortho intramolecular Hbond substituents is 1. The van der Waals surface area contributed by atoms with Crippen LogP contribution in [0.5, 0.6) is 5.75 Å². The van der Waals surface area contributed by atoms with Crippen LogP contribution < -0.4 is 21.7 Å². The Morgan fingerprint density at radius 3 is 2.29 bits per heavy atom. The Morgan fingerprint density at radius 2 is 1.74 bits per heavy atom. The molecule has 13 heteroatoms. The molecule has 13 nitrogen and oxygen atoms in total. The Kier molecular flexibility index (Phi) is 9.52. The molecule has 9 N–H and O–H groups in total. The van der Waals surface area contributed by atoms with Gasteiger partial charge in [0.05, 0.1) is 18.5 Å². The highest BCUT2D eigenvalue weighted by molar-refractivity contribution is 5.94. The van der Waals surface area contributed by atoms with E-state index in [4.69, 9.17) is 10.8 Å². The summed E-state index contributed by atoms with van der Waals surface area (Å²) in [4.78, 5) is 55.3. The van der Waals surface area contributed by atoms with Gasteiger partial charge in [-0.2, -0.15) is 0 Å². The number of benzene rings is 1. The first-order valence-electron chi connectivity index (χ1n) is 10.4. The number of H-pyrrole nitrogens is 1. The van der Waals surface area contributed by atoms with Gasteiger partial charge in [-0.15, -0.1) is 0 Å². The van der Waals surface area contributed by atoms with E-state index in [-0.39, 0.29) is 18.6 Å². The van der Waals surface area contributed by atoms with Gasteiger partial charge in [-0.05, 0) is 24.6 Å². The summed E-state index contributed by atoms with van der Waals surface area (Å²) in [7, 11) is 0. The zero-order chi connectivity index (χ0) is 25.3. The Balaban J connectivity index is 2.11. The van der Waals surface area contributed by atoms with Crippen LogP contribution in [0.25, 0.3) is 0 Å². The molecule has 34 heavy (non-hydrogen) atoms. The molecule has 0 aliphatic rings. The van der Waals surface area contributed by atoms with Crippen LogP contribution in [0.2, 0.25) is 0 Å². The number of aromatic amines is 1. The number of nitrogens with one attached hydrogen (secondary N) is 4. The Bertz CT molecular complexity index is 978. The molecule has 4 atom stereocenters. The van der Waals surface area contributed by atoms with E-state index in [0.29, 0.717) is 11.3 Å². The Hall–Kier alpha value is -3.97. The fraction of sp³-hybridized carbons (Fsp3) is 0.381. The van der Waals surface area contributed by atoms with Crippen molar-refractivity contribution in [2.24, 2.45) is 5.73 Å². The number of nitrogens with two attached hydrogens (primary N) is 1. The van der Waals surface area contributed by atoms with Crippen LogP contribution in [0.4, 0.5) is 0 Å². The number of aromatic nitrogens is 2. The lowest BCUT2D eigenvalue weighted by atomic mass is 10.0. The lowest BCUT2D eigenvalue weighted by molar-refractivity contribution is -0.138. The normalized spacial score (nSPS) is 14.3. The van der Waals surface area contributed by atoms with Gasteiger partial charge >= 0.3 is 5.97 Å². The van der Waals surface area contributed by atoms with E-state index in [9.17, 15) is 29.4 Å². The van der Waals surface area contributed by atoms with Gasteiger partial charge in [0.2, 0.25) is 17.7 Å². The van der Waals surface area contributed by atoms with E-state index >= 15 is 0 Å². The summed E-state index contributed by atoms with van der Waals surface area (Å²) in [6, 6.07) is 2.14. The number of aliphatic hydroxyl groups is 1. The first-order valence-corrected chi connectivity index (χ1v) is 10.4. The lowest BCUT2D eigenvalue weighted by Crippen LogP contribution is -2.59. The molecular formula is C21H28N6O7. The third-order valence-corrected chi connectivity index (χ3v) is 4.82. The van der Waals surface area contributed by atoms with Gasteiger partial charge in [0.15, 0.2) is 0 Å². The predicted octanol–water partition coefficient (Wildman–Crippen LogP) is -2.22. The fourth-order valence-corrected chi connectivity index (χ4v) is 3.02. The standard InChI is InChI=1S/C21H28N6O7/c1-11(28)18(27-19(32)15(22)7-13-8-23-10-25-13)21(34)26-16(20(33)24-9-17(30)31)6-12-2-4-14(29)5-3-12/h2-5,8,10-11,15-16,18,28-29H,6-7,9,22H2,1H3,(H,23,25)(H,24,33)(H,26,34)(H,27,32)(H,30,31). The zero-order valence-corrected chi connectivity index (χ0v) is 18.4. The molecule has 0 spiro atoms. The third-order valence-electron chi connectivity index (χ3n) is 4.82. The van der Waals surface area contributed by atoms with E-state index in [2.05, 4.69) is 25.9 Å². The monoisotopic (exact) mass is 476 g/mol. The van der Waals surface area contributed by atoms with Crippen molar-refractivity contribution >= 4 is 23.7 Å². The van der Waals surface area contributed by atoms with Crippen LogP contribution in [-0.2, 0) is 32.0 Å². The second-order valence-electron chi connectivity index (χ2n) is 7.66. The predicted molar refractivity (Wildman–Crippen MR) is 118 cm³/mol. The summed E-state index contributed by atoms with van der Waals surface area (Å²) in [5, 5.41) is 35.3. The van der Waals surface area contributed by atoms with E-state index in [1.54, 1.807) is 0 Å². The molecule has 184 valence electrons. The van der Waals surface area contributed by atoms with E-state index in [1.807, 2.05) is 0 Å². The van der Waals surface area contributed by atoms with Crippen molar-refractivity contribution in [2.45, 2.75) is 44.0 Å². The van der Waals surface area contributed by atoms with Crippen molar-refractivity contribution in [3.05, 3.63) is 48.0 Å². The van der Waals surface area contributed by atoms with E-state index in [0.717, 1.165) is 0 Å². The summed E-state index contributed by atoms with van der Waals surface area (Å²) >= 11 is 0. The molecule has 0 saturated carbocycles. The van der Waals surface area contributed by atoms with Crippen LogP contribution in [0.15, 0.2) is 36.8 Å². The summed E-state index contributed by atoms with van der Waals surface area (Å²) in [5.74, 6) is -3.63.